The van der Waals surface area contributed by atoms with Crippen molar-refractivity contribution in [3.05, 3.63) is 71.8 Å². The number of nitrogens with zero attached hydrogens (tertiary/aromatic N) is 5. The third-order valence-corrected chi connectivity index (χ3v) is 6.05. The molecule has 2 aromatic carbocycles. The van der Waals surface area contributed by atoms with Crippen LogP contribution in [-0.2, 0) is 0 Å². The maximum atomic E-state index is 13.4. The first kappa shape index (κ1) is 16.1. The van der Waals surface area contributed by atoms with E-state index in [0.717, 1.165) is 40.3 Å². The average molecular weight is 375 g/mol. The van der Waals surface area contributed by atoms with E-state index in [0.29, 0.717) is 5.56 Å². The van der Waals surface area contributed by atoms with E-state index in [1.54, 1.807) is 22.3 Å². The minimum atomic E-state index is 0.0165. The van der Waals surface area contributed by atoms with Gasteiger partial charge in [-0.25, -0.2) is 14.6 Å². The van der Waals surface area contributed by atoms with Crippen molar-refractivity contribution >= 4 is 27.5 Å². The zero-order valence-corrected chi connectivity index (χ0v) is 15.3. The summed E-state index contributed by atoms with van der Waals surface area (Å²) in [5, 5.41) is 5.20. The van der Waals surface area contributed by atoms with Gasteiger partial charge in [-0.15, -0.1) is 11.3 Å². The third kappa shape index (κ3) is 2.80. The minimum Gasteiger partial charge on any atom is -0.329 e. The number of aromatic nitrogens is 4. The summed E-state index contributed by atoms with van der Waals surface area (Å²) in [6.07, 6.45) is 5.01. The molecule has 6 nitrogen and oxygen atoms in total. The number of fused-ring (bicyclic) bond motifs is 1. The van der Waals surface area contributed by atoms with Crippen LogP contribution in [0.3, 0.4) is 0 Å². The van der Waals surface area contributed by atoms with Gasteiger partial charge in [-0.2, -0.15) is 5.10 Å². The molecule has 0 saturated carbocycles. The highest BCUT2D eigenvalue weighted by Crippen LogP contribution is 2.37. The monoisotopic (exact) mass is 375 g/mol. The van der Waals surface area contributed by atoms with Gasteiger partial charge in [0.25, 0.3) is 5.91 Å². The van der Waals surface area contributed by atoms with Crippen LogP contribution in [-0.4, -0.2) is 37.1 Å². The fraction of sp³-hybridized carbons (Fsp3) is 0.200. The zero-order chi connectivity index (χ0) is 18.2. The molecular formula is C20H17N5OS. The molecule has 134 valence electrons. The van der Waals surface area contributed by atoms with E-state index >= 15 is 0 Å². The van der Waals surface area contributed by atoms with Crippen molar-refractivity contribution in [2.75, 3.05) is 6.54 Å². The van der Waals surface area contributed by atoms with Gasteiger partial charge in [0, 0.05) is 6.54 Å². The molecule has 27 heavy (non-hydrogen) atoms. The third-order valence-electron chi connectivity index (χ3n) is 4.91. The van der Waals surface area contributed by atoms with Crippen molar-refractivity contribution in [2.45, 2.75) is 18.9 Å². The van der Waals surface area contributed by atoms with Crippen LogP contribution in [0.15, 0.2) is 61.2 Å². The number of carbonyl (C=O) groups excluding carboxylic acids is 1. The molecule has 0 bridgehead atoms. The van der Waals surface area contributed by atoms with Crippen molar-refractivity contribution < 1.29 is 4.79 Å². The van der Waals surface area contributed by atoms with Gasteiger partial charge in [-0.05, 0) is 37.1 Å². The van der Waals surface area contributed by atoms with Gasteiger partial charge >= 0.3 is 0 Å². The van der Waals surface area contributed by atoms with Crippen LogP contribution in [0.5, 0.6) is 0 Å². The molecule has 0 radical (unpaired) electrons. The Morgan fingerprint density at radius 2 is 1.96 bits per heavy atom. The summed E-state index contributed by atoms with van der Waals surface area (Å²) in [6.45, 7) is 0.741. The van der Waals surface area contributed by atoms with E-state index in [1.165, 1.54) is 6.33 Å². The predicted octanol–water partition coefficient (Wildman–Crippen LogP) is 3.85. The number of rotatable bonds is 3. The summed E-state index contributed by atoms with van der Waals surface area (Å²) in [5.74, 6) is 0.0165. The molecule has 1 amide bonds. The Hall–Kier alpha value is -3.06. The predicted molar refractivity (Wildman–Crippen MR) is 104 cm³/mol. The van der Waals surface area contributed by atoms with E-state index in [4.69, 9.17) is 4.98 Å². The molecule has 3 heterocycles. The van der Waals surface area contributed by atoms with Crippen molar-refractivity contribution in [3.63, 3.8) is 0 Å². The smallest absolute Gasteiger partial charge is 0.256 e. The summed E-state index contributed by atoms with van der Waals surface area (Å²) in [5.41, 5.74) is 2.38. The topological polar surface area (TPSA) is 63.9 Å². The first-order valence-corrected chi connectivity index (χ1v) is 9.73. The largest absolute Gasteiger partial charge is 0.329 e. The normalized spacial score (nSPS) is 16.9. The molecule has 2 aromatic heterocycles. The molecule has 1 aliphatic heterocycles. The number of hydrogen-bond donors (Lipinski definition) is 0. The molecule has 1 aliphatic rings. The van der Waals surface area contributed by atoms with E-state index in [1.807, 2.05) is 47.4 Å². The molecule has 1 fully saturated rings. The second kappa shape index (κ2) is 6.59. The van der Waals surface area contributed by atoms with Crippen LogP contribution in [0, 0.1) is 0 Å². The average Bonchev–Trinajstić information content (AvgIpc) is 3.47. The number of amides is 1. The SMILES string of the molecule is O=C(c1ccccc1-n1cncn1)N1CCC[C@H]1c1nc2ccccc2s1. The highest BCUT2D eigenvalue weighted by molar-refractivity contribution is 7.18. The number of thiazole rings is 1. The van der Waals surface area contributed by atoms with E-state index < -0.39 is 0 Å². The van der Waals surface area contributed by atoms with Crippen LogP contribution in [0.1, 0.15) is 34.2 Å². The van der Waals surface area contributed by atoms with Crippen molar-refractivity contribution in [2.24, 2.45) is 0 Å². The fourth-order valence-electron chi connectivity index (χ4n) is 3.64. The summed E-state index contributed by atoms with van der Waals surface area (Å²) in [6, 6.07) is 15.7. The van der Waals surface area contributed by atoms with Crippen LogP contribution < -0.4 is 0 Å². The molecule has 0 N–H and O–H groups in total. The fourth-order valence-corrected chi connectivity index (χ4v) is 4.76. The Balaban J connectivity index is 1.51. The first-order valence-electron chi connectivity index (χ1n) is 8.92. The summed E-state index contributed by atoms with van der Waals surface area (Å²) in [7, 11) is 0. The highest BCUT2D eigenvalue weighted by atomic mass is 32.1. The van der Waals surface area contributed by atoms with Crippen LogP contribution >= 0.6 is 11.3 Å². The molecule has 0 spiro atoms. The lowest BCUT2D eigenvalue weighted by Crippen LogP contribution is -2.31. The number of likely N-dealkylation sites (tertiary alicyclic amines) is 1. The van der Waals surface area contributed by atoms with Gasteiger partial charge < -0.3 is 4.90 Å². The van der Waals surface area contributed by atoms with Gasteiger partial charge in [-0.3, -0.25) is 4.79 Å². The van der Waals surface area contributed by atoms with Crippen molar-refractivity contribution in [1.29, 1.82) is 0 Å². The van der Waals surface area contributed by atoms with Gasteiger partial charge in [0.05, 0.1) is 27.5 Å². The molecule has 7 heteroatoms. The molecule has 4 aromatic rings. The zero-order valence-electron chi connectivity index (χ0n) is 14.5. The van der Waals surface area contributed by atoms with Gasteiger partial charge in [-0.1, -0.05) is 24.3 Å². The van der Waals surface area contributed by atoms with Crippen LogP contribution in [0.4, 0.5) is 0 Å². The Kier molecular flexibility index (Phi) is 3.94. The number of hydrogen-bond acceptors (Lipinski definition) is 5. The number of benzene rings is 2. The van der Waals surface area contributed by atoms with Gasteiger partial charge in [0.2, 0.25) is 0 Å². The molecule has 0 unspecified atom stereocenters. The lowest BCUT2D eigenvalue weighted by molar-refractivity contribution is 0.0735. The second-order valence-corrected chi connectivity index (χ2v) is 7.60. The first-order chi connectivity index (χ1) is 13.3. The second-order valence-electron chi connectivity index (χ2n) is 6.53. The summed E-state index contributed by atoms with van der Waals surface area (Å²) >= 11 is 1.68. The molecular weight excluding hydrogens is 358 g/mol. The summed E-state index contributed by atoms with van der Waals surface area (Å²) in [4.78, 5) is 24.1. The highest BCUT2D eigenvalue weighted by Gasteiger charge is 2.33. The Bertz CT molecular complexity index is 1070. The standard InChI is InChI=1S/C20H17N5OS/c26-20(14-6-1-3-8-16(14)25-13-21-12-22-25)24-11-5-9-17(24)19-23-15-7-2-4-10-18(15)27-19/h1-4,6-8,10,12-13,17H,5,9,11H2/t17-/m0/s1. The van der Waals surface area contributed by atoms with E-state index in [-0.39, 0.29) is 11.9 Å². The van der Waals surface area contributed by atoms with Gasteiger partial charge in [0.15, 0.2) is 0 Å². The number of para-hydroxylation sites is 2. The quantitative estimate of drug-likeness (QED) is 0.545. The lowest BCUT2D eigenvalue weighted by atomic mass is 10.1. The maximum Gasteiger partial charge on any atom is 0.256 e. The maximum absolute atomic E-state index is 13.4. The Morgan fingerprint density at radius 1 is 1.11 bits per heavy atom. The molecule has 1 atom stereocenters. The van der Waals surface area contributed by atoms with Crippen molar-refractivity contribution in [3.8, 4) is 5.69 Å². The molecule has 5 rings (SSSR count). The van der Waals surface area contributed by atoms with Crippen LogP contribution in [0.2, 0.25) is 0 Å². The van der Waals surface area contributed by atoms with E-state index in [2.05, 4.69) is 16.1 Å². The molecule has 1 saturated heterocycles. The summed E-state index contributed by atoms with van der Waals surface area (Å²) < 4.78 is 2.80. The van der Waals surface area contributed by atoms with Crippen molar-refractivity contribution in [1.82, 2.24) is 24.6 Å². The van der Waals surface area contributed by atoms with E-state index in [9.17, 15) is 4.79 Å². The lowest BCUT2D eigenvalue weighted by Gasteiger charge is -2.24. The molecule has 0 aliphatic carbocycles. The van der Waals surface area contributed by atoms with Gasteiger partial charge in [0.1, 0.15) is 17.7 Å². The Morgan fingerprint density at radius 3 is 2.81 bits per heavy atom. The van der Waals surface area contributed by atoms with Crippen LogP contribution in [0.25, 0.3) is 15.9 Å². The Labute approximate surface area is 160 Å². The number of carbonyl (C=O) groups is 1. The minimum absolute atomic E-state index is 0.0165.